The van der Waals surface area contributed by atoms with Gasteiger partial charge in [0.25, 0.3) is 0 Å². The molecule has 0 bridgehead atoms. The van der Waals surface area contributed by atoms with Crippen LogP contribution in [0.4, 0.5) is 4.79 Å². The van der Waals surface area contributed by atoms with Gasteiger partial charge in [-0.2, -0.15) is 0 Å². The third-order valence-corrected chi connectivity index (χ3v) is 4.43. The van der Waals surface area contributed by atoms with Gasteiger partial charge in [-0.25, -0.2) is 4.79 Å². The van der Waals surface area contributed by atoms with E-state index in [9.17, 15) is 14.4 Å². The Morgan fingerprint density at radius 1 is 1.21 bits per heavy atom. The number of unbranched alkanes of at least 4 members (excludes halogenated alkanes) is 1. The number of piperazine rings is 1. The van der Waals surface area contributed by atoms with E-state index in [1.165, 1.54) is 0 Å². The zero-order chi connectivity index (χ0) is 21.2. The monoisotopic (exact) mass is 399 g/mol. The van der Waals surface area contributed by atoms with Crippen molar-refractivity contribution in [3.05, 3.63) is 0 Å². The fraction of sp³-hybridized carbons (Fsp3) is 0.850. The van der Waals surface area contributed by atoms with Gasteiger partial charge in [0.1, 0.15) is 11.6 Å². The second kappa shape index (κ2) is 11.9. The van der Waals surface area contributed by atoms with Gasteiger partial charge in [0, 0.05) is 32.6 Å². The van der Waals surface area contributed by atoms with E-state index >= 15 is 0 Å². The normalized spacial score (nSPS) is 17.8. The molecule has 1 aliphatic heterocycles. The number of hydrogen-bond acceptors (Lipinski definition) is 5. The molecule has 1 atom stereocenters. The number of carbonyl (C=O) groups is 3. The van der Waals surface area contributed by atoms with Crippen molar-refractivity contribution in [3.8, 4) is 0 Å². The third kappa shape index (κ3) is 11.1. The third-order valence-electron chi connectivity index (χ3n) is 4.43. The van der Waals surface area contributed by atoms with Crippen molar-refractivity contribution >= 4 is 18.0 Å². The number of rotatable bonds is 7. The van der Waals surface area contributed by atoms with Gasteiger partial charge in [-0.1, -0.05) is 26.2 Å². The van der Waals surface area contributed by atoms with Crippen LogP contribution in [-0.2, 0) is 14.3 Å². The highest BCUT2D eigenvalue weighted by atomic mass is 16.6. The predicted molar refractivity (Wildman–Crippen MR) is 107 cm³/mol. The van der Waals surface area contributed by atoms with E-state index in [2.05, 4.69) is 10.6 Å². The van der Waals surface area contributed by atoms with Gasteiger partial charge in [0.2, 0.25) is 5.91 Å². The van der Waals surface area contributed by atoms with Crippen LogP contribution in [0.5, 0.6) is 0 Å². The summed E-state index contributed by atoms with van der Waals surface area (Å²) < 4.78 is 5.27. The van der Waals surface area contributed by atoms with E-state index in [0.717, 1.165) is 45.2 Å². The van der Waals surface area contributed by atoms with E-state index in [1.54, 1.807) is 0 Å². The van der Waals surface area contributed by atoms with Crippen molar-refractivity contribution in [1.29, 1.82) is 0 Å². The molecule has 2 fully saturated rings. The van der Waals surface area contributed by atoms with Crippen LogP contribution in [-0.4, -0.2) is 65.8 Å². The Hall–Kier alpha value is -1.83. The molecule has 0 aromatic rings. The zero-order valence-corrected chi connectivity index (χ0v) is 17.8. The van der Waals surface area contributed by atoms with Crippen molar-refractivity contribution in [3.63, 3.8) is 0 Å². The summed E-state index contributed by atoms with van der Waals surface area (Å²) in [5.74, 6) is -0.104. The summed E-state index contributed by atoms with van der Waals surface area (Å²) in [6.45, 7) is 10.5. The first-order valence-electron chi connectivity index (χ1n) is 10.3. The quantitative estimate of drug-likeness (QED) is 0.607. The number of amides is 2. The van der Waals surface area contributed by atoms with E-state index in [-0.39, 0.29) is 5.91 Å². The van der Waals surface area contributed by atoms with Gasteiger partial charge in [0.15, 0.2) is 0 Å². The van der Waals surface area contributed by atoms with Crippen molar-refractivity contribution in [2.75, 3.05) is 26.2 Å². The Morgan fingerprint density at radius 3 is 2.25 bits per heavy atom. The maximum absolute atomic E-state index is 12.6. The summed E-state index contributed by atoms with van der Waals surface area (Å²) in [6.07, 6.45) is 4.61. The average molecular weight is 400 g/mol. The SMILES string of the molecule is CC(C)(C)OC(=O)NC(CC1CC1)C(=O)N1CCNCC1.CCCCC(=O)O. The molecule has 1 heterocycles. The van der Waals surface area contributed by atoms with Crippen LogP contribution in [0, 0.1) is 5.92 Å². The number of nitrogens with zero attached hydrogens (tertiary/aromatic N) is 1. The van der Waals surface area contributed by atoms with E-state index in [4.69, 9.17) is 9.84 Å². The van der Waals surface area contributed by atoms with Gasteiger partial charge < -0.3 is 25.4 Å². The Labute approximate surface area is 168 Å². The lowest BCUT2D eigenvalue weighted by molar-refractivity contribution is -0.137. The molecule has 2 rings (SSSR count). The number of hydrogen-bond donors (Lipinski definition) is 3. The molecular formula is C20H37N3O5. The summed E-state index contributed by atoms with van der Waals surface area (Å²) in [5, 5.41) is 14.0. The number of carbonyl (C=O) groups excluding carboxylic acids is 2. The molecule has 0 aromatic heterocycles. The van der Waals surface area contributed by atoms with Crippen LogP contribution in [0.25, 0.3) is 0 Å². The topological polar surface area (TPSA) is 108 Å². The summed E-state index contributed by atoms with van der Waals surface area (Å²) in [6, 6.07) is -0.453. The molecule has 3 N–H and O–H groups in total. The maximum atomic E-state index is 12.6. The molecule has 1 unspecified atom stereocenters. The first kappa shape index (κ1) is 24.2. The molecular weight excluding hydrogens is 362 g/mol. The van der Waals surface area contributed by atoms with Crippen molar-refractivity contribution < 1.29 is 24.2 Å². The fourth-order valence-electron chi connectivity index (χ4n) is 2.79. The molecule has 0 aromatic carbocycles. The number of aliphatic carboxylic acids is 1. The van der Waals surface area contributed by atoms with Crippen LogP contribution < -0.4 is 10.6 Å². The lowest BCUT2D eigenvalue weighted by Gasteiger charge is -2.31. The average Bonchev–Trinajstić information content (AvgIpc) is 3.42. The van der Waals surface area contributed by atoms with Crippen LogP contribution in [0.1, 0.15) is 66.2 Å². The molecule has 1 aliphatic carbocycles. The first-order chi connectivity index (χ1) is 13.1. The van der Waals surface area contributed by atoms with Gasteiger partial charge in [-0.05, 0) is 39.5 Å². The van der Waals surface area contributed by atoms with Gasteiger partial charge >= 0.3 is 12.1 Å². The van der Waals surface area contributed by atoms with E-state index in [1.807, 2.05) is 32.6 Å². The molecule has 0 radical (unpaired) electrons. The number of ether oxygens (including phenoxy) is 1. The van der Waals surface area contributed by atoms with Gasteiger partial charge in [0.05, 0.1) is 0 Å². The molecule has 2 amide bonds. The molecule has 8 nitrogen and oxygen atoms in total. The molecule has 28 heavy (non-hydrogen) atoms. The van der Waals surface area contributed by atoms with Gasteiger partial charge in [-0.15, -0.1) is 0 Å². The minimum Gasteiger partial charge on any atom is -0.481 e. The fourth-order valence-corrected chi connectivity index (χ4v) is 2.79. The molecule has 8 heteroatoms. The molecule has 1 saturated heterocycles. The van der Waals surface area contributed by atoms with Crippen molar-refractivity contribution in [1.82, 2.24) is 15.5 Å². The summed E-state index contributed by atoms with van der Waals surface area (Å²) in [7, 11) is 0. The Bertz CT molecular complexity index is 508. The van der Waals surface area contributed by atoms with E-state index < -0.39 is 23.7 Å². The highest BCUT2D eigenvalue weighted by Gasteiger charge is 2.34. The molecule has 2 aliphatic rings. The second-order valence-corrected chi connectivity index (χ2v) is 8.45. The van der Waals surface area contributed by atoms with Crippen LogP contribution in [0.15, 0.2) is 0 Å². The van der Waals surface area contributed by atoms with Crippen LogP contribution >= 0.6 is 0 Å². The van der Waals surface area contributed by atoms with Crippen molar-refractivity contribution in [2.24, 2.45) is 5.92 Å². The minimum atomic E-state index is -0.693. The number of carboxylic acid groups (broad SMARTS) is 1. The summed E-state index contributed by atoms with van der Waals surface area (Å²) in [5.41, 5.74) is -0.549. The standard InChI is InChI=1S/C15H27N3O3.C5H10O2/c1-15(2,3)21-14(20)17-12(10-11-4-5-11)13(19)18-8-6-16-7-9-18;1-2-3-4-5(6)7/h11-12,16H,4-10H2,1-3H3,(H,17,20);2-4H2,1H3,(H,6,7). The summed E-state index contributed by atoms with van der Waals surface area (Å²) in [4.78, 5) is 36.1. The van der Waals surface area contributed by atoms with Crippen LogP contribution in [0.2, 0.25) is 0 Å². The second-order valence-electron chi connectivity index (χ2n) is 8.45. The largest absolute Gasteiger partial charge is 0.481 e. The maximum Gasteiger partial charge on any atom is 0.408 e. The lowest BCUT2D eigenvalue weighted by Crippen LogP contribution is -2.54. The number of carboxylic acids is 1. The number of alkyl carbamates (subject to hydrolysis) is 1. The van der Waals surface area contributed by atoms with E-state index in [0.29, 0.717) is 25.4 Å². The highest BCUT2D eigenvalue weighted by molar-refractivity contribution is 5.86. The lowest BCUT2D eigenvalue weighted by atomic mass is 10.1. The Balaban J connectivity index is 0.000000480. The Morgan fingerprint density at radius 2 is 1.82 bits per heavy atom. The molecule has 0 spiro atoms. The minimum absolute atomic E-state index is 0.0225. The highest BCUT2D eigenvalue weighted by Crippen LogP contribution is 2.34. The predicted octanol–water partition coefficient (Wildman–Crippen LogP) is 2.37. The smallest absolute Gasteiger partial charge is 0.408 e. The van der Waals surface area contributed by atoms with Gasteiger partial charge in [-0.3, -0.25) is 9.59 Å². The number of nitrogens with one attached hydrogen (secondary N) is 2. The first-order valence-corrected chi connectivity index (χ1v) is 10.3. The van der Waals surface area contributed by atoms with Crippen LogP contribution in [0.3, 0.4) is 0 Å². The van der Waals surface area contributed by atoms with Crippen molar-refractivity contribution in [2.45, 2.75) is 77.9 Å². The molecule has 1 saturated carbocycles. The Kier molecular flexibility index (Phi) is 10.3. The molecule has 162 valence electrons. The zero-order valence-electron chi connectivity index (χ0n) is 17.8. The summed E-state index contributed by atoms with van der Waals surface area (Å²) >= 11 is 0.